The third kappa shape index (κ3) is 6.14. The second-order valence-electron chi connectivity index (χ2n) is 8.61. The van der Waals surface area contributed by atoms with E-state index in [1.165, 1.54) is 27.4 Å². The minimum atomic E-state index is -0.814. The maximum Gasteiger partial charge on any atom is 0.290 e. The zero-order valence-electron chi connectivity index (χ0n) is 22.2. The van der Waals surface area contributed by atoms with Crippen LogP contribution < -0.4 is 14.2 Å². The fourth-order valence-corrected chi connectivity index (χ4v) is 4.57. The predicted octanol–water partition coefficient (Wildman–Crippen LogP) is 4.42. The van der Waals surface area contributed by atoms with Crippen molar-refractivity contribution in [2.75, 3.05) is 47.5 Å². The van der Waals surface area contributed by atoms with E-state index in [1.54, 1.807) is 23.1 Å². The molecular formula is C29H36N2O6. The SMILES string of the molecule is CCN(CC)CCCN1C(=O)C(O)=C(C(=O)/C=C/c2ccccc2)C1c1cc(OC)c(OC)c(OC)c1. The van der Waals surface area contributed by atoms with Crippen molar-refractivity contribution in [2.45, 2.75) is 26.3 Å². The molecule has 8 nitrogen and oxygen atoms in total. The molecule has 1 aliphatic heterocycles. The fraction of sp³-hybridized carbons (Fsp3) is 0.379. The third-order valence-electron chi connectivity index (χ3n) is 6.57. The fourth-order valence-electron chi connectivity index (χ4n) is 4.57. The predicted molar refractivity (Wildman–Crippen MR) is 143 cm³/mol. The van der Waals surface area contributed by atoms with E-state index in [0.717, 1.165) is 25.2 Å². The van der Waals surface area contributed by atoms with Gasteiger partial charge in [-0.1, -0.05) is 50.3 Å². The molecule has 1 atom stereocenters. The van der Waals surface area contributed by atoms with Gasteiger partial charge in [-0.05, 0) is 55.4 Å². The summed E-state index contributed by atoms with van der Waals surface area (Å²) < 4.78 is 16.5. The topological polar surface area (TPSA) is 88.5 Å². The number of ether oxygens (including phenoxy) is 3. The van der Waals surface area contributed by atoms with Gasteiger partial charge < -0.3 is 29.1 Å². The molecule has 1 aliphatic rings. The number of aliphatic hydroxyl groups is 1. The zero-order chi connectivity index (χ0) is 26.9. The highest BCUT2D eigenvalue weighted by Crippen LogP contribution is 2.45. The molecule has 0 aromatic heterocycles. The van der Waals surface area contributed by atoms with Gasteiger partial charge in [0.15, 0.2) is 23.0 Å². The molecule has 0 saturated heterocycles. The van der Waals surface area contributed by atoms with Crippen molar-refractivity contribution in [1.29, 1.82) is 0 Å². The van der Waals surface area contributed by atoms with Crippen molar-refractivity contribution in [1.82, 2.24) is 9.80 Å². The van der Waals surface area contributed by atoms with E-state index in [4.69, 9.17) is 14.2 Å². The Morgan fingerprint density at radius 2 is 1.65 bits per heavy atom. The van der Waals surface area contributed by atoms with Gasteiger partial charge in [0.25, 0.3) is 5.91 Å². The summed E-state index contributed by atoms with van der Waals surface area (Å²) in [5.74, 6) is -0.370. The van der Waals surface area contributed by atoms with Crippen molar-refractivity contribution in [3.05, 3.63) is 71.0 Å². The Balaban J connectivity index is 2.04. The highest BCUT2D eigenvalue weighted by atomic mass is 16.5. The van der Waals surface area contributed by atoms with Gasteiger partial charge in [0, 0.05) is 6.54 Å². The standard InChI is InChI=1S/C29H36N2O6/c1-6-30(7-2)16-11-17-31-26(21-18-23(35-3)28(37-5)24(19-21)36-4)25(27(33)29(31)34)22(32)15-14-20-12-9-8-10-13-20/h8-10,12-15,18-19,26,33H,6-7,11,16-17H2,1-5H3/b15-14+. The smallest absolute Gasteiger partial charge is 0.290 e. The summed E-state index contributed by atoms with van der Waals surface area (Å²) in [6.45, 7) is 7.13. The Hall–Kier alpha value is -3.78. The third-order valence-corrected chi connectivity index (χ3v) is 6.57. The number of benzene rings is 2. The van der Waals surface area contributed by atoms with Crippen LogP contribution in [0.5, 0.6) is 17.2 Å². The lowest BCUT2D eigenvalue weighted by atomic mass is 9.94. The normalized spacial score (nSPS) is 15.7. The minimum Gasteiger partial charge on any atom is -0.503 e. The lowest BCUT2D eigenvalue weighted by Gasteiger charge is -2.28. The first-order chi connectivity index (χ1) is 17.9. The van der Waals surface area contributed by atoms with Crippen molar-refractivity contribution >= 4 is 17.8 Å². The number of carbonyl (C=O) groups excluding carboxylic acids is 2. The average Bonchev–Trinajstić information content (AvgIpc) is 3.18. The van der Waals surface area contributed by atoms with E-state index in [-0.39, 0.29) is 5.57 Å². The molecule has 198 valence electrons. The van der Waals surface area contributed by atoms with Crippen LogP contribution in [-0.4, -0.2) is 74.1 Å². The Bertz CT molecular complexity index is 1130. The van der Waals surface area contributed by atoms with Crippen LogP contribution in [0, 0.1) is 0 Å². The first-order valence-electron chi connectivity index (χ1n) is 12.4. The monoisotopic (exact) mass is 508 g/mol. The molecule has 1 amide bonds. The number of rotatable bonds is 13. The maximum absolute atomic E-state index is 13.4. The first kappa shape index (κ1) is 27.8. The summed E-state index contributed by atoms with van der Waals surface area (Å²) in [5.41, 5.74) is 1.43. The molecule has 0 aliphatic carbocycles. The van der Waals surface area contributed by atoms with Crippen LogP contribution in [0.2, 0.25) is 0 Å². The van der Waals surface area contributed by atoms with Crippen LogP contribution in [0.25, 0.3) is 6.08 Å². The highest BCUT2D eigenvalue weighted by Gasteiger charge is 2.43. The van der Waals surface area contributed by atoms with Gasteiger partial charge in [-0.3, -0.25) is 9.59 Å². The van der Waals surface area contributed by atoms with E-state index in [0.29, 0.717) is 35.8 Å². The molecule has 0 spiro atoms. The van der Waals surface area contributed by atoms with E-state index in [2.05, 4.69) is 18.7 Å². The quantitative estimate of drug-likeness (QED) is 0.401. The van der Waals surface area contributed by atoms with Gasteiger partial charge in [-0.15, -0.1) is 0 Å². The average molecular weight is 509 g/mol. The molecule has 3 rings (SSSR count). The molecule has 37 heavy (non-hydrogen) atoms. The van der Waals surface area contributed by atoms with Gasteiger partial charge in [-0.25, -0.2) is 0 Å². The lowest BCUT2D eigenvalue weighted by Crippen LogP contribution is -2.34. The molecule has 0 fully saturated rings. The molecule has 2 aromatic carbocycles. The maximum atomic E-state index is 13.4. The summed E-state index contributed by atoms with van der Waals surface area (Å²) in [4.78, 5) is 30.5. The molecule has 8 heteroatoms. The number of nitrogens with zero attached hydrogens (tertiary/aromatic N) is 2. The second kappa shape index (κ2) is 13.0. The Kier molecular flexibility index (Phi) is 9.74. The molecule has 1 N–H and O–H groups in total. The summed E-state index contributed by atoms with van der Waals surface area (Å²) in [7, 11) is 4.52. The second-order valence-corrected chi connectivity index (χ2v) is 8.61. The summed E-state index contributed by atoms with van der Waals surface area (Å²) in [6.07, 6.45) is 3.74. The van der Waals surface area contributed by atoms with E-state index in [9.17, 15) is 14.7 Å². The van der Waals surface area contributed by atoms with Gasteiger partial charge in [0.05, 0.1) is 32.9 Å². The van der Waals surface area contributed by atoms with Crippen LogP contribution >= 0.6 is 0 Å². The molecule has 1 unspecified atom stereocenters. The first-order valence-corrected chi connectivity index (χ1v) is 12.4. The van der Waals surface area contributed by atoms with Crippen LogP contribution in [0.1, 0.15) is 37.4 Å². The number of amides is 1. The van der Waals surface area contributed by atoms with Crippen LogP contribution in [0.4, 0.5) is 0 Å². The van der Waals surface area contributed by atoms with Gasteiger partial charge in [0.1, 0.15) is 0 Å². The van der Waals surface area contributed by atoms with Crippen LogP contribution in [0.3, 0.4) is 0 Å². The Labute approximate surface area is 218 Å². The largest absolute Gasteiger partial charge is 0.503 e. The molecule has 0 bridgehead atoms. The number of aliphatic hydroxyl groups excluding tert-OH is 1. The Morgan fingerprint density at radius 3 is 2.19 bits per heavy atom. The van der Waals surface area contributed by atoms with Crippen molar-refractivity contribution in [2.24, 2.45) is 0 Å². The highest BCUT2D eigenvalue weighted by molar-refractivity contribution is 6.14. The van der Waals surface area contributed by atoms with Crippen molar-refractivity contribution < 1.29 is 28.9 Å². The molecule has 0 radical (unpaired) electrons. The Morgan fingerprint density at radius 1 is 1.03 bits per heavy atom. The number of methoxy groups -OCH3 is 3. The number of allylic oxidation sites excluding steroid dienone is 1. The number of carbonyl (C=O) groups is 2. The van der Waals surface area contributed by atoms with E-state index >= 15 is 0 Å². The lowest BCUT2D eigenvalue weighted by molar-refractivity contribution is -0.129. The number of ketones is 1. The molecule has 0 saturated carbocycles. The van der Waals surface area contributed by atoms with Crippen molar-refractivity contribution in [3.63, 3.8) is 0 Å². The zero-order valence-corrected chi connectivity index (χ0v) is 22.2. The number of hydrogen-bond acceptors (Lipinski definition) is 7. The van der Waals surface area contributed by atoms with Crippen molar-refractivity contribution in [3.8, 4) is 17.2 Å². The summed E-state index contributed by atoms with van der Waals surface area (Å²) in [6, 6.07) is 12.0. The summed E-state index contributed by atoms with van der Waals surface area (Å²) >= 11 is 0. The van der Waals surface area contributed by atoms with Crippen LogP contribution in [0.15, 0.2) is 59.9 Å². The van der Waals surface area contributed by atoms with E-state index < -0.39 is 23.5 Å². The minimum absolute atomic E-state index is 0.0225. The molecule has 2 aromatic rings. The van der Waals surface area contributed by atoms with Gasteiger partial charge in [-0.2, -0.15) is 0 Å². The summed E-state index contributed by atoms with van der Waals surface area (Å²) in [5, 5.41) is 10.9. The van der Waals surface area contributed by atoms with Crippen LogP contribution in [-0.2, 0) is 9.59 Å². The van der Waals surface area contributed by atoms with E-state index in [1.807, 2.05) is 30.3 Å². The number of hydrogen-bond donors (Lipinski definition) is 1. The molecule has 1 heterocycles. The molecular weight excluding hydrogens is 472 g/mol. The van der Waals surface area contributed by atoms with Gasteiger partial charge >= 0.3 is 0 Å². The van der Waals surface area contributed by atoms with Gasteiger partial charge in [0.2, 0.25) is 5.75 Å².